The molecule has 0 aliphatic carbocycles. The molecule has 2 rings (SSSR count). The maximum Gasteiger partial charge on any atom is 0.149 e. The Morgan fingerprint density at radius 2 is 1.85 bits per heavy atom. The third-order valence-corrected chi connectivity index (χ3v) is 3.16. The average molecular weight is 276 g/mol. The molecular formula is C14H20N4O2. The smallest absolute Gasteiger partial charge is 0.149 e. The zero-order chi connectivity index (χ0) is 14.5. The van der Waals surface area contributed by atoms with E-state index in [0.717, 1.165) is 22.9 Å². The fraction of sp³-hybridized carbons (Fsp3) is 0.429. The van der Waals surface area contributed by atoms with Crippen LogP contribution in [0.25, 0.3) is 0 Å². The molecule has 0 radical (unpaired) electrons. The predicted molar refractivity (Wildman–Crippen MR) is 75.8 cm³/mol. The summed E-state index contributed by atoms with van der Waals surface area (Å²) in [7, 11) is 5.23. The molecule has 0 fully saturated rings. The number of aromatic nitrogens is 3. The Bertz CT molecular complexity index is 546. The van der Waals surface area contributed by atoms with Crippen LogP contribution in [0.4, 0.5) is 0 Å². The van der Waals surface area contributed by atoms with E-state index in [1.165, 1.54) is 0 Å². The van der Waals surface area contributed by atoms with E-state index in [4.69, 9.17) is 9.47 Å². The Morgan fingerprint density at radius 1 is 1.20 bits per heavy atom. The second-order valence-corrected chi connectivity index (χ2v) is 4.62. The average Bonchev–Trinajstić information content (AvgIpc) is 2.90. The third kappa shape index (κ3) is 3.27. The second-order valence-electron chi connectivity index (χ2n) is 4.62. The van der Waals surface area contributed by atoms with Crippen molar-refractivity contribution in [1.29, 1.82) is 0 Å². The molecule has 1 atom stereocenters. The molecule has 0 aliphatic rings. The van der Waals surface area contributed by atoms with Crippen LogP contribution in [0.1, 0.15) is 24.4 Å². The zero-order valence-electron chi connectivity index (χ0n) is 12.3. The van der Waals surface area contributed by atoms with Gasteiger partial charge in [0.25, 0.3) is 0 Å². The highest BCUT2D eigenvalue weighted by atomic mass is 16.5. The lowest BCUT2D eigenvalue weighted by molar-refractivity contribution is 0.392. The molecule has 0 saturated heterocycles. The minimum absolute atomic E-state index is 0.111. The maximum absolute atomic E-state index is 5.26. The van der Waals surface area contributed by atoms with Crippen LogP contribution >= 0.6 is 0 Å². The highest BCUT2D eigenvalue weighted by Crippen LogP contribution is 2.22. The van der Waals surface area contributed by atoms with Crippen LogP contribution in [0, 0.1) is 0 Å². The van der Waals surface area contributed by atoms with Crippen molar-refractivity contribution >= 4 is 0 Å². The van der Waals surface area contributed by atoms with Crippen molar-refractivity contribution in [3.63, 3.8) is 0 Å². The number of ether oxygens (including phenoxy) is 2. The summed E-state index contributed by atoms with van der Waals surface area (Å²) in [6.07, 6.45) is 1.70. The fourth-order valence-corrected chi connectivity index (χ4v) is 2.01. The SMILES string of the molecule is COc1cc(CNC(C)c2nncn2C)cc(OC)c1. The van der Waals surface area contributed by atoms with E-state index in [9.17, 15) is 0 Å². The summed E-state index contributed by atoms with van der Waals surface area (Å²) >= 11 is 0. The number of hydrogen-bond acceptors (Lipinski definition) is 5. The standard InChI is InChI=1S/C14H20N4O2/c1-10(14-17-16-9-18(14)2)15-8-11-5-12(19-3)7-13(6-11)20-4/h5-7,9-10,15H,8H2,1-4H3. The van der Waals surface area contributed by atoms with Gasteiger partial charge in [-0.1, -0.05) is 0 Å². The summed E-state index contributed by atoms with van der Waals surface area (Å²) in [6.45, 7) is 2.75. The molecule has 0 saturated carbocycles. The molecule has 20 heavy (non-hydrogen) atoms. The molecule has 0 amide bonds. The molecule has 6 heteroatoms. The minimum Gasteiger partial charge on any atom is -0.497 e. The molecule has 0 bridgehead atoms. The van der Waals surface area contributed by atoms with Crippen LogP contribution in [0.2, 0.25) is 0 Å². The molecule has 1 heterocycles. The summed E-state index contributed by atoms with van der Waals surface area (Å²) in [4.78, 5) is 0. The van der Waals surface area contributed by atoms with Crippen LogP contribution < -0.4 is 14.8 Å². The number of aryl methyl sites for hydroxylation is 1. The molecule has 1 aromatic heterocycles. The number of nitrogens with one attached hydrogen (secondary N) is 1. The van der Waals surface area contributed by atoms with Crippen molar-refractivity contribution in [1.82, 2.24) is 20.1 Å². The first kappa shape index (κ1) is 14.3. The van der Waals surface area contributed by atoms with Gasteiger partial charge in [0, 0.05) is 19.7 Å². The Labute approximate surface area is 118 Å². The van der Waals surface area contributed by atoms with Crippen LogP contribution in [-0.4, -0.2) is 29.0 Å². The van der Waals surface area contributed by atoms with E-state index in [1.807, 2.05) is 29.8 Å². The largest absolute Gasteiger partial charge is 0.497 e. The van der Waals surface area contributed by atoms with Gasteiger partial charge >= 0.3 is 0 Å². The van der Waals surface area contributed by atoms with E-state index < -0.39 is 0 Å². The normalized spacial score (nSPS) is 12.2. The van der Waals surface area contributed by atoms with Gasteiger partial charge in [0.2, 0.25) is 0 Å². The van der Waals surface area contributed by atoms with Gasteiger partial charge in [0.1, 0.15) is 23.7 Å². The van der Waals surface area contributed by atoms with Crippen LogP contribution in [-0.2, 0) is 13.6 Å². The highest BCUT2D eigenvalue weighted by molar-refractivity contribution is 5.38. The van der Waals surface area contributed by atoms with Gasteiger partial charge in [0.05, 0.1) is 20.3 Å². The molecular weight excluding hydrogens is 256 g/mol. The minimum atomic E-state index is 0.111. The molecule has 1 N–H and O–H groups in total. The topological polar surface area (TPSA) is 61.2 Å². The summed E-state index contributed by atoms with van der Waals surface area (Å²) in [5.74, 6) is 2.47. The highest BCUT2D eigenvalue weighted by Gasteiger charge is 2.11. The molecule has 108 valence electrons. The number of methoxy groups -OCH3 is 2. The number of hydrogen-bond donors (Lipinski definition) is 1. The molecule has 1 unspecified atom stereocenters. The first-order valence-electron chi connectivity index (χ1n) is 6.43. The second kappa shape index (κ2) is 6.38. The van der Waals surface area contributed by atoms with Gasteiger partial charge in [-0.3, -0.25) is 0 Å². The van der Waals surface area contributed by atoms with Crippen LogP contribution in [0.15, 0.2) is 24.5 Å². The summed E-state index contributed by atoms with van der Waals surface area (Å²) < 4.78 is 12.4. The van der Waals surface area contributed by atoms with Gasteiger partial charge in [0.15, 0.2) is 0 Å². The number of benzene rings is 1. The Hall–Kier alpha value is -2.08. The van der Waals surface area contributed by atoms with Crippen LogP contribution in [0.5, 0.6) is 11.5 Å². The van der Waals surface area contributed by atoms with Crippen molar-refractivity contribution < 1.29 is 9.47 Å². The van der Waals surface area contributed by atoms with Crippen molar-refractivity contribution in [2.45, 2.75) is 19.5 Å². The Balaban J connectivity index is 2.05. The molecule has 6 nitrogen and oxygen atoms in total. The maximum atomic E-state index is 5.26. The van der Waals surface area contributed by atoms with Crippen molar-refractivity contribution in [2.24, 2.45) is 7.05 Å². The fourth-order valence-electron chi connectivity index (χ4n) is 2.01. The van der Waals surface area contributed by atoms with Gasteiger partial charge in [-0.15, -0.1) is 10.2 Å². The Kier molecular flexibility index (Phi) is 4.57. The van der Waals surface area contributed by atoms with E-state index in [0.29, 0.717) is 6.54 Å². The van der Waals surface area contributed by atoms with Crippen molar-refractivity contribution in [3.05, 3.63) is 35.9 Å². The lowest BCUT2D eigenvalue weighted by Crippen LogP contribution is -2.21. The third-order valence-electron chi connectivity index (χ3n) is 3.16. The quantitative estimate of drug-likeness (QED) is 0.870. The Morgan fingerprint density at radius 3 is 2.35 bits per heavy atom. The van der Waals surface area contributed by atoms with E-state index in [2.05, 4.69) is 22.4 Å². The monoisotopic (exact) mass is 276 g/mol. The lowest BCUT2D eigenvalue weighted by Gasteiger charge is -2.14. The number of nitrogens with zero attached hydrogens (tertiary/aromatic N) is 3. The molecule has 0 spiro atoms. The first-order valence-corrected chi connectivity index (χ1v) is 6.43. The first-order chi connectivity index (χ1) is 9.63. The van der Waals surface area contributed by atoms with Crippen molar-refractivity contribution in [2.75, 3.05) is 14.2 Å². The summed E-state index contributed by atoms with van der Waals surface area (Å²) in [6, 6.07) is 5.94. The van der Waals surface area contributed by atoms with E-state index >= 15 is 0 Å². The van der Waals surface area contributed by atoms with E-state index in [1.54, 1.807) is 20.5 Å². The van der Waals surface area contributed by atoms with Crippen molar-refractivity contribution in [3.8, 4) is 11.5 Å². The predicted octanol–water partition coefficient (Wildman–Crippen LogP) is 1.68. The molecule has 1 aromatic carbocycles. The molecule has 0 aliphatic heterocycles. The summed E-state index contributed by atoms with van der Waals surface area (Å²) in [5.41, 5.74) is 1.09. The van der Waals surface area contributed by atoms with Crippen LogP contribution in [0.3, 0.4) is 0 Å². The lowest BCUT2D eigenvalue weighted by atomic mass is 10.2. The van der Waals surface area contributed by atoms with Gasteiger partial charge in [-0.2, -0.15) is 0 Å². The van der Waals surface area contributed by atoms with Gasteiger partial charge < -0.3 is 19.4 Å². The number of rotatable bonds is 6. The van der Waals surface area contributed by atoms with Gasteiger partial charge in [-0.05, 0) is 24.6 Å². The van der Waals surface area contributed by atoms with E-state index in [-0.39, 0.29) is 6.04 Å². The van der Waals surface area contributed by atoms with Gasteiger partial charge in [-0.25, -0.2) is 0 Å². The zero-order valence-corrected chi connectivity index (χ0v) is 12.3. The molecule has 2 aromatic rings. The summed E-state index contributed by atoms with van der Waals surface area (Å²) in [5, 5.41) is 11.4.